The van der Waals surface area contributed by atoms with Crippen molar-refractivity contribution >= 4 is 43.6 Å². The van der Waals surface area contributed by atoms with Crippen LogP contribution in [0.5, 0.6) is 0 Å². The SMILES string of the molecule is CNC(=O)c1nccc2c1[nH]c1ccc(S(=O)(=O)Nc3ccccn3)cc12. The van der Waals surface area contributed by atoms with Gasteiger partial charge in [0.25, 0.3) is 15.9 Å². The number of H-pyrrole nitrogens is 1. The van der Waals surface area contributed by atoms with Crippen LogP contribution in [0.15, 0.2) is 59.8 Å². The summed E-state index contributed by atoms with van der Waals surface area (Å²) in [5.41, 5.74) is 1.52. The minimum atomic E-state index is -3.80. The first-order chi connectivity index (χ1) is 13.0. The molecule has 0 atom stereocenters. The molecular weight excluding hydrogens is 366 g/mol. The molecule has 4 aromatic rings. The predicted octanol–water partition coefficient (Wildman–Crippen LogP) is 2.27. The van der Waals surface area contributed by atoms with Crippen LogP contribution in [-0.2, 0) is 10.0 Å². The number of anilines is 1. The van der Waals surface area contributed by atoms with Gasteiger partial charge in [-0.05, 0) is 36.4 Å². The second kappa shape index (κ2) is 6.36. The molecule has 9 heteroatoms. The van der Waals surface area contributed by atoms with E-state index in [-0.39, 0.29) is 22.3 Å². The Morgan fingerprint density at radius 2 is 1.89 bits per heavy atom. The van der Waals surface area contributed by atoms with Crippen LogP contribution in [0.4, 0.5) is 5.82 Å². The standard InChI is InChI=1S/C18H15N5O3S/c1-19-18(24)17-16-12(7-9-21-17)13-10-11(5-6-14(13)22-16)27(25,26)23-15-4-2-3-8-20-15/h2-10,22H,1H3,(H,19,24)(H,20,23). The van der Waals surface area contributed by atoms with Crippen molar-refractivity contribution < 1.29 is 13.2 Å². The number of benzene rings is 1. The van der Waals surface area contributed by atoms with Gasteiger partial charge in [-0.2, -0.15) is 0 Å². The van der Waals surface area contributed by atoms with E-state index in [0.717, 1.165) is 0 Å². The summed E-state index contributed by atoms with van der Waals surface area (Å²) in [5, 5.41) is 3.94. The maximum Gasteiger partial charge on any atom is 0.271 e. The van der Waals surface area contributed by atoms with Crippen molar-refractivity contribution in [2.24, 2.45) is 0 Å². The van der Waals surface area contributed by atoms with Crippen molar-refractivity contribution in [3.8, 4) is 0 Å². The van der Waals surface area contributed by atoms with Crippen molar-refractivity contribution in [1.82, 2.24) is 20.3 Å². The second-order valence-corrected chi connectivity index (χ2v) is 7.50. The quantitative estimate of drug-likeness (QED) is 0.501. The first kappa shape index (κ1) is 17.0. The third-order valence-corrected chi connectivity index (χ3v) is 5.50. The largest absolute Gasteiger partial charge is 0.354 e. The van der Waals surface area contributed by atoms with Crippen LogP contribution in [0.2, 0.25) is 0 Å². The number of nitrogens with one attached hydrogen (secondary N) is 3. The maximum absolute atomic E-state index is 12.7. The fraction of sp³-hybridized carbons (Fsp3) is 0.0556. The van der Waals surface area contributed by atoms with E-state index in [0.29, 0.717) is 21.8 Å². The Morgan fingerprint density at radius 3 is 2.63 bits per heavy atom. The van der Waals surface area contributed by atoms with Gasteiger partial charge in [0, 0.05) is 35.7 Å². The molecule has 0 aliphatic carbocycles. The van der Waals surface area contributed by atoms with Gasteiger partial charge in [0.2, 0.25) is 0 Å². The molecule has 0 unspecified atom stereocenters. The summed E-state index contributed by atoms with van der Waals surface area (Å²) in [6.07, 6.45) is 3.03. The molecule has 136 valence electrons. The Morgan fingerprint density at radius 1 is 1.04 bits per heavy atom. The van der Waals surface area contributed by atoms with E-state index >= 15 is 0 Å². The lowest BCUT2D eigenvalue weighted by molar-refractivity contribution is 0.0960. The van der Waals surface area contributed by atoms with Crippen LogP contribution in [0.3, 0.4) is 0 Å². The van der Waals surface area contributed by atoms with Crippen LogP contribution >= 0.6 is 0 Å². The Labute approximate surface area is 154 Å². The van der Waals surface area contributed by atoms with Crippen LogP contribution in [0.25, 0.3) is 21.8 Å². The van der Waals surface area contributed by atoms with E-state index in [9.17, 15) is 13.2 Å². The number of fused-ring (bicyclic) bond motifs is 3. The van der Waals surface area contributed by atoms with E-state index in [1.54, 1.807) is 36.4 Å². The fourth-order valence-corrected chi connectivity index (χ4v) is 3.91. The molecule has 0 radical (unpaired) electrons. The fourth-order valence-electron chi connectivity index (χ4n) is 2.88. The van der Waals surface area contributed by atoms with E-state index in [1.807, 2.05) is 0 Å². The number of aromatic nitrogens is 3. The molecule has 3 heterocycles. The van der Waals surface area contributed by atoms with E-state index in [1.165, 1.54) is 25.5 Å². The number of nitrogens with zero attached hydrogens (tertiary/aromatic N) is 2. The van der Waals surface area contributed by atoms with Crippen LogP contribution in [-0.4, -0.2) is 36.3 Å². The van der Waals surface area contributed by atoms with Gasteiger partial charge >= 0.3 is 0 Å². The summed E-state index contributed by atoms with van der Waals surface area (Å²) < 4.78 is 27.8. The highest BCUT2D eigenvalue weighted by Gasteiger charge is 2.18. The summed E-state index contributed by atoms with van der Waals surface area (Å²) >= 11 is 0. The Balaban J connectivity index is 1.85. The molecule has 4 rings (SSSR count). The number of rotatable bonds is 4. The third kappa shape index (κ3) is 2.97. The van der Waals surface area contributed by atoms with Crippen LogP contribution in [0, 0.1) is 0 Å². The molecule has 0 aliphatic heterocycles. The number of aromatic amines is 1. The minimum Gasteiger partial charge on any atom is -0.354 e. The van der Waals surface area contributed by atoms with Gasteiger partial charge in [0.05, 0.1) is 10.4 Å². The van der Waals surface area contributed by atoms with Crippen molar-refractivity contribution in [1.29, 1.82) is 0 Å². The molecular formula is C18H15N5O3S. The summed E-state index contributed by atoms with van der Waals surface area (Å²) in [7, 11) is -2.28. The third-order valence-electron chi connectivity index (χ3n) is 4.15. The number of hydrogen-bond acceptors (Lipinski definition) is 5. The van der Waals surface area contributed by atoms with Gasteiger partial charge in [-0.25, -0.2) is 18.4 Å². The molecule has 3 N–H and O–H groups in total. The zero-order chi connectivity index (χ0) is 19.0. The van der Waals surface area contributed by atoms with Gasteiger partial charge in [-0.1, -0.05) is 6.07 Å². The number of sulfonamides is 1. The van der Waals surface area contributed by atoms with Gasteiger partial charge in [0.15, 0.2) is 5.69 Å². The molecule has 1 aromatic carbocycles. The highest BCUT2D eigenvalue weighted by Crippen LogP contribution is 2.29. The van der Waals surface area contributed by atoms with Crippen molar-refractivity contribution in [2.75, 3.05) is 11.8 Å². The molecule has 3 aromatic heterocycles. The highest BCUT2D eigenvalue weighted by molar-refractivity contribution is 7.92. The topological polar surface area (TPSA) is 117 Å². The average Bonchev–Trinajstić information content (AvgIpc) is 3.05. The molecule has 0 bridgehead atoms. The Bertz CT molecular complexity index is 1270. The summed E-state index contributed by atoms with van der Waals surface area (Å²) in [6, 6.07) is 11.4. The van der Waals surface area contributed by atoms with Crippen molar-refractivity contribution in [3.05, 3.63) is 60.6 Å². The van der Waals surface area contributed by atoms with E-state index in [4.69, 9.17) is 0 Å². The molecule has 0 spiro atoms. The smallest absolute Gasteiger partial charge is 0.271 e. The Kier molecular flexibility index (Phi) is 4.00. The van der Waals surface area contributed by atoms with Crippen molar-refractivity contribution in [2.45, 2.75) is 4.90 Å². The number of carbonyl (C=O) groups is 1. The maximum atomic E-state index is 12.7. The zero-order valence-electron chi connectivity index (χ0n) is 14.2. The molecule has 0 aliphatic rings. The van der Waals surface area contributed by atoms with Gasteiger partial charge in [0.1, 0.15) is 5.82 Å². The normalized spacial score (nSPS) is 11.6. The van der Waals surface area contributed by atoms with Gasteiger partial charge in [-0.3, -0.25) is 9.52 Å². The molecule has 0 fully saturated rings. The number of pyridine rings is 2. The molecule has 8 nitrogen and oxygen atoms in total. The second-order valence-electron chi connectivity index (χ2n) is 5.81. The number of hydrogen-bond donors (Lipinski definition) is 3. The molecule has 0 saturated carbocycles. The van der Waals surface area contributed by atoms with Crippen molar-refractivity contribution in [3.63, 3.8) is 0 Å². The molecule has 1 amide bonds. The average molecular weight is 381 g/mol. The van der Waals surface area contributed by atoms with Gasteiger partial charge < -0.3 is 10.3 Å². The number of amides is 1. The lowest BCUT2D eigenvalue weighted by Gasteiger charge is -2.07. The molecule has 27 heavy (non-hydrogen) atoms. The van der Waals surface area contributed by atoms with Crippen LogP contribution < -0.4 is 10.0 Å². The number of carbonyl (C=O) groups excluding carboxylic acids is 1. The first-order valence-corrected chi connectivity index (χ1v) is 9.54. The van der Waals surface area contributed by atoms with E-state index in [2.05, 4.69) is 25.0 Å². The monoisotopic (exact) mass is 381 g/mol. The van der Waals surface area contributed by atoms with Crippen LogP contribution in [0.1, 0.15) is 10.5 Å². The molecule has 0 saturated heterocycles. The predicted molar refractivity (Wildman–Crippen MR) is 102 cm³/mol. The van der Waals surface area contributed by atoms with E-state index < -0.39 is 10.0 Å². The minimum absolute atomic E-state index is 0.0971. The lowest BCUT2D eigenvalue weighted by atomic mass is 10.1. The Hall–Kier alpha value is -3.46. The first-order valence-electron chi connectivity index (χ1n) is 8.06. The zero-order valence-corrected chi connectivity index (χ0v) is 15.0. The summed E-state index contributed by atoms with van der Waals surface area (Å²) in [5.74, 6) is -0.0838. The lowest BCUT2D eigenvalue weighted by Crippen LogP contribution is -2.19. The summed E-state index contributed by atoms with van der Waals surface area (Å²) in [4.78, 5) is 23.4. The highest BCUT2D eigenvalue weighted by atomic mass is 32.2. The van der Waals surface area contributed by atoms with Gasteiger partial charge in [-0.15, -0.1) is 0 Å². The summed E-state index contributed by atoms with van der Waals surface area (Å²) in [6.45, 7) is 0.